The first-order valence-electron chi connectivity index (χ1n) is 10.1. The summed E-state index contributed by atoms with van der Waals surface area (Å²) < 4.78 is 0. The molecule has 2 aromatic carbocycles. The lowest BCUT2D eigenvalue weighted by Crippen LogP contribution is -2.23. The van der Waals surface area contributed by atoms with Crippen LogP contribution in [0.2, 0.25) is 0 Å². The van der Waals surface area contributed by atoms with Crippen molar-refractivity contribution in [2.24, 2.45) is 0 Å². The van der Waals surface area contributed by atoms with E-state index in [2.05, 4.69) is 70.2 Å². The summed E-state index contributed by atoms with van der Waals surface area (Å²) in [6.07, 6.45) is 12.7. The summed E-state index contributed by atoms with van der Waals surface area (Å²) in [5.41, 5.74) is 9.45. The van der Waals surface area contributed by atoms with E-state index in [1.54, 1.807) is 24.8 Å². The molecule has 4 heteroatoms. The molecule has 0 amide bonds. The smallest absolute Gasteiger partial charge is 0.0885 e. The molecule has 0 bridgehead atoms. The molecule has 5 rings (SSSR count). The van der Waals surface area contributed by atoms with Gasteiger partial charge >= 0.3 is 0 Å². The normalized spacial score (nSPS) is 13.7. The molecule has 2 aromatic heterocycles. The van der Waals surface area contributed by atoms with Gasteiger partial charge in [-0.2, -0.15) is 0 Å². The maximum atomic E-state index is 4.50. The summed E-state index contributed by atoms with van der Waals surface area (Å²) in [6.45, 7) is 4.57. The lowest BCUT2D eigenvalue weighted by molar-refractivity contribution is 0.490. The van der Waals surface area contributed by atoms with Crippen LogP contribution in [0.4, 0.5) is 0 Å². The maximum absolute atomic E-state index is 4.50. The SMILES string of the molecule is CCC1(CC)c2cc(-c3cnccn3)ccc2-c2ccc(-c3cnccn3)cc21. The van der Waals surface area contributed by atoms with Crippen LogP contribution >= 0.6 is 0 Å². The van der Waals surface area contributed by atoms with E-state index in [9.17, 15) is 0 Å². The second-order valence-electron chi connectivity index (χ2n) is 7.49. The molecule has 1 aliphatic rings. The van der Waals surface area contributed by atoms with Crippen molar-refractivity contribution >= 4 is 0 Å². The standard InChI is InChI=1S/C25H22N4/c1-3-25(4-2)21-13-17(23-15-26-9-11-28-23)5-7-19(21)20-8-6-18(14-22(20)25)24-16-27-10-12-29-24/h5-16H,3-4H2,1-2H3. The predicted molar refractivity (Wildman–Crippen MR) is 115 cm³/mol. The van der Waals surface area contributed by atoms with Crippen LogP contribution in [-0.4, -0.2) is 19.9 Å². The van der Waals surface area contributed by atoms with Crippen molar-refractivity contribution in [2.75, 3.05) is 0 Å². The highest BCUT2D eigenvalue weighted by Gasteiger charge is 2.40. The fourth-order valence-electron chi connectivity index (χ4n) is 4.72. The number of hydrogen-bond donors (Lipinski definition) is 0. The molecule has 4 aromatic rings. The molecule has 0 radical (unpaired) electrons. The van der Waals surface area contributed by atoms with Gasteiger partial charge in [-0.3, -0.25) is 19.9 Å². The van der Waals surface area contributed by atoms with Gasteiger partial charge in [-0.25, -0.2) is 0 Å². The molecule has 1 aliphatic carbocycles. The van der Waals surface area contributed by atoms with Crippen molar-refractivity contribution in [3.05, 3.63) is 84.7 Å². The summed E-state index contributed by atoms with van der Waals surface area (Å²) in [7, 11) is 0. The van der Waals surface area contributed by atoms with E-state index < -0.39 is 0 Å². The van der Waals surface area contributed by atoms with Gasteiger partial charge in [0.2, 0.25) is 0 Å². The molecule has 0 saturated carbocycles. The second kappa shape index (κ2) is 6.89. The highest BCUT2D eigenvalue weighted by atomic mass is 14.8. The van der Waals surface area contributed by atoms with Crippen LogP contribution in [0.15, 0.2) is 73.6 Å². The Labute approximate surface area is 170 Å². The summed E-state index contributed by atoms with van der Waals surface area (Å²) in [5, 5.41) is 0. The Hall–Kier alpha value is -3.40. The first-order valence-corrected chi connectivity index (χ1v) is 10.1. The molecule has 0 spiro atoms. The maximum Gasteiger partial charge on any atom is 0.0885 e. The molecule has 142 valence electrons. The van der Waals surface area contributed by atoms with Gasteiger partial charge < -0.3 is 0 Å². The van der Waals surface area contributed by atoms with E-state index in [0.29, 0.717) is 0 Å². The predicted octanol–water partition coefficient (Wildman–Crippen LogP) is 5.69. The van der Waals surface area contributed by atoms with Gasteiger partial charge in [0, 0.05) is 41.3 Å². The fourth-order valence-corrected chi connectivity index (χ4v) is 4.72. The summed E-state index contributed by atoms with van der Waals surface area (Å²) in [4.78, 5) is 17.5. The van der Waals surface area contributed by atoms with Crippen LogP contribution in [0.5, 0.6) is 0 Å². The molecule has 0 unspecified atom stereocenters. The number of aromatic nitrogens is 4. The Bertz CT molecular complexity index is 1080. The number of rotatable bonds is 4. The van der Waals surface area contributed by atoms with Crippen molar-refractivity contribution in [3.63, 3.8) is 0 Å². The average molecular weight is 378 g/mol. The molecule has 0 fully saturated rings. The second-order valence-corrected chi connectivity index (χ2v) is 7.49. The largest absolute Gasteiger partial charge is 0.261 e. The topological polar surface area (TPSA) is 51.6 Å². The van der Waals surface area contributed by atoms with Crippen LogP contribution in [0.1, 0.15) is 37.8 Å². The Morgan fingerprint density at radius 2 is 1.14 bits per heavy atom. The molecular weight excluding hydrogens is 356 g/mol. The van der Waals surface area contributed by atoms with Gasteiger partial charge in [0.15, 0.2) is 0 Å². The summed E-state index contributed by atoms with van der Waals surface area (Å²) in [6, 6.07) is 13.4. The highest BCUT2D eigenvalue weighted by molar-refractivity contribution is 5.85. The van der Waals surface area contributed by atoms with Crippen molar-refractivity contribution in [1.29, 1.82) is 0 Å². The summed E-state index contributed by atoms with van der Waals surface area (Å²) >= 11 is 0. The highest BCUT2D eigenvalue weighted by Crippen LogP contribution is 2.54. The molecule has 2 heterocycles. The monoisotopic (exact) mass is 378 g/mol. The minimum absolute atomic E-state index is 0.0128. The molecule has 0 aliphatic heterocycles. The molecular formula is C25H22N4. The molecule has 29 heavy (non-hydrogen) atoms. The first kappa shape index (κ1) is 17.7. The Morgan fingerprint density at radius 1 is 0.655 bits per heavy atom. The van der Waals surface area contributed by atoms with Crippen LogP contribution in [0.25, 0.3) is 33.6 Å². The molecule has 4 nitrogen and oxygen atoms in total. The molecule has 0 saturated heterocycles. The van der Waals surface area contributed by atoms with Gasteiger partial charge in [0.25, 0.3) is 0 Å². The van der Waals surface area contributed by atoms with Crippen LogP contribution in [0, 0.1) is 0 Å². The van der Waals surface area contributed by atoms with Gasteiger partial charge in [-0.15, -0.1) is 0 Å². The van der Waals surface area contributed by atoms with E-state index in [1.807, 2.05) is 12.4 Å². The third-order valence-electron chi connectivity index (χ3n) is 6.29. The van der Waals surface area contributed by atoms with Gasteiger partial charge in [0.1, 0.15) is 0 Å². The minimum atomic E-state index is -0.0128. The Kier molecular flexibility index (Phi) is 4.20. The first-order chi connectivity index (χ1) is 14.3. The average Bonchev–Trinajstić information content (AvgIpc) is 3.09. The Balaban J connectivity index is 1.71. The Morgan fingerprint density at radius 3 is 1.52 bits per heavy atom. The fraction of sp³-hybridized carbons (Fsp3) is 0.200. The van der Waals surface area contributed by atoms with Gasteiger partial charge in [-0.05, 0) is 47.2 Å². The van der Waals surface area contributed by atoms with Crippen molar-refractivity contribution in [3.8, 4) is 33.6 Å². The van der Waals surface area contributed by atoms with E-state index >= 15 is 0 Å². The van der Waals surface area contributed by atoms with Gasteiger partial charge in [-0.1, -0.05) is 38.1 Å². The zero-order valence-electron chi connectivity index (χ0n) is 16.6. The van der Waals surface area contributed by atoms with Crippen LogP contribution in [-0.2, 0) is 5.41 Å². The number of hydrogen-bond acceptors (Lipinski definition) is 4. The van der Waals surface area contributed by atoms with Crippen molar-refractivity contribution in [1.82, 2.24) is 19.9 Å². The summed E-state index contributed by atoms with van der Waals surface area (Å²) in [5.74, 6) is 0. The number of nitrogens with zero attached hydrogens (tertiary/aromatic N) is 4. The zero-order chi connectivity index (χ0) is 19.8. The van der Waals surface area contributed by atoms with Crippen LogP contribution < -0.4 is 0 Å². The zero-order valence-corrected chi connectivity index (χ0v) is 16.6. The van der Waals surface area contributed by atoms with Gasteiger partial charge in [0.05, 0.1) is 23.8 Å². The van der Waals surface area contributed by atoms with E-state index in [-0.39, 0.29) is 5.41 Å². The number of benzene rings is 2. The van der Waals surface area contributed by atoms with Crippen LogP contribution in [0.3, 0.4) is 0 Å². The molecule has 0 N–H and O–H groups in total. The van der Waals surface area contributed by atoms with Crippen molar-refractivity contribution in [2.45, 2.75) is 32.1 Å². The third-order valence-corrected chi connectivity index (χ3v) is 6.29. The lowest BCUT2D eigenvalue weighted by atomic mass is 9.73. The van der Waals surface area contributed by atoms with E-state index in [1.165, 1.54) is 22.3 Å². The van der Waals surface area contributed by atoms with E-state index in [4.69, 9.17) is 0 Å². The third kappa shape index (κ3) is 2.67. The molecule has 0 atom stereocenters. The van der Waals surface area contributed by atoms with Crippen molar-refractivity contribution < 1.29 is 0 Å². The number of fused-ring (bicyclic) bond motifs is 3. The quantitative estimate of drug-likeness (QED) is 0.458. The minimum Gasteiger partial charge on any atom is -0.261 e. The lowest BCUT2D eigenvalue weighted by Gasteiger charge is -2.30. The van der Waals surface area contributed by atoms with E-state index in [0.717, 1.165) is 35.4 Å².